The van der Waals surface area contributed by atoms with Crippen LogP contribution in [0.2, 0.25) is 0 Å². The summed E-state index contributed by atoms with van der Waals surface area (Å²) in [5.74, 6) is 0.0274. The molecule has 56 heavy (non-hydrogen) atoms. The molecule has 0 spiro atoms. The summed E-state index contributed by atoms with van der Waals surface area (Å²) in [6.45, 7) is 4.42. The predicted molar refractivity (Wildman–Crippen MR) is 217 cm³/mol. The van der Waals surface area contributed by atoms with Gasteiger partial charge in [0, 0.05) is 42.6 Å². The van der Waals surface area contributed by atoms with E-state index in [0.29, 0.717) is 35.8 Å². The first-order valence-corrected chi connectivity index (χ1v) is 21.3. The number of thioether (sulfide) groups is 1. The zero-order chi connectivity index (χ0) is 39.9. The number of hydrogen-bond acceptors (Lipinski definition) is 12. The van der Waals surface area contributed by atoms with Crippen LogP contribution in [-0.2, 0) is 19.0 Å². The minimum Gasteiger partial charge on any atom is -0.459 e. The lowest BCUT2D eigenvalue weighted by Crippen LogP contribution is -2.70. The maximum Gasteiger partial charge on any atom is 0.410 e. The first kappa shape index (κ1) is 43.8. The summed E-state index contributed by atoms with van der Waals surface area (Å²) < 4.78 is 32.0. The highest BCUT2D eigenvalue weighted by Crippen LogP contribution is 2.62. The fourth-order valence-electron chi connectivity index (χ4n) is 8.51. The van der Waals surface area contributed by atoms with Gasteiger partial charge in [0.25, 0.3) is 0 Å². The number of carbonyl (C=O) groups is 1. The van der Waals surface area contributed by atoms with Gasteiger partial charge in [-0.05, 0) is 91.8 Å². The number of hydrogen-bond donors (Lipinski definition) is 3. The number of allylic oxidation sites excluding steroid dienone is 1. The molecule has 5 rings (SSSR count). The van der Waals surface area contributed by atoms with E-state index in [0.717, 1.165) is 41.7 Å². The molecule has 1 heterocycles. The van der Waals surface area contributed by atoms with Crippen molar-refractivity contribution in [3.8, 4) is 17.2 Å². The van der Waals surface area contributed by atoms with E-state index in [4.69, 9.17) is 40.1 Å². The van der Waals surface area contributed by atoms with E-state index in [2.05, 4.69) is 23.9 Å². The van der Waals surface area contributed by atoms with Gasteiger partial charge in [0.2, 0.25) is 5.79 Å². The second-order valence-electron chi connectivity index (χ2n) is 14.1. The van der Waals surface area contributed by atoms with Gasteiger partial charge in [0.15, 0.2) is 0 Å². The van der Waals surface area contributed by atoms with Crippen molar-refractivity contribution < 1.29 is 48.6 Å². The van der Waals surface area contributed by atoms with Crippen LogP contribution in [0.25, 0.3) is 0 Å². The Bertz CT molecular complexity index is 1630. The van der Waals surface area contributed by atoms with Gasteiger partial charge < -0.3 is 43.8 Å². The number of halogens is 1. The predicted octanol–water partition coefficient (Wildman–Crippen LogP) is 7.15. The second kappa shape index (κ2) is 22.0. The molecule has 6 atom stereocenters. The molecule has 3 aliphatic rings. The molecule has 1 fully saturated rings. The first-order chi connectivity index (χ1) is 27.4. The third-order valence-electron chi connectivity index (χ3n) is 10.8. The van der Waals surface area contributed by atoms with Crippen LogP contribution < -0.4 is 9.47 Å². The number of aliphatic hydroxyl groups is 3. The van der Waals surface area contributed by atoms with Gasteiger partial charge in [-0.2, -0.15) is 0 Å². The quantitative estimate of drug-likeness (QED) is 0.0345. The Balaban J connectivity index is 1.73. The van der Waals surface area contributed by atoms with Crippen molar-refractivity contribution in [2.75, 3.05) is 72.0 Å². The SMILES string of the molecule is C=CCOC12Oc3ccc(Oc4ccc(SC)cc4)cc3C3C(CCCCO)C(CCCCO)C=C(C(=NOC)CC1N(CCOCCO)C(=O)OCCCl)C32. The smallest absolute Gasteiger partial charge is 0.410 e. The molecule has 14 heteroatoms. The van der Waals surface area contributed by atoms with Crippen molar-refractivity contribution in [1.29, 1.82) is 0 Å². The molecule has 1 saturated carbocycles. The maximum atomic E-state index is 14.1. The van der Waals surface area contributed by atoms with E-state index >= 15 is 0 Å². The Morgan fingerprint density at radius 1 is 1.04 bits per heavy atom. The summed E-state index contributed by atoms with van der Waals surface area (Å²) >= 11 is 7.65. The minimum atomic E-state index is -1.46. The first-order valence-electron chi connectivity index (χ1n) is 19.5. The van der Waals surface area contributed by atoms with Crippen molar-refractivity contribution in [1.82, 2.24) is 4.90 Å². The topological polar surface area (TPSA) is 149 Å². The number of aliphatic hydroxyl groups excluding tert-OH is 3. The molecule has 3 N–H and O–H groups in total. The third kappa shape index (κ3) is 10.2. The molecule has 2 aromatic rings. The van der Waals surface area contributed by atoms with E-state index in [1.807, 2.05) is 42.7 Å². The molecule has 308 valence electrons. The molecule has 1 amide bonds. The molecule has 0 saturated heterocycles. The number of fused-ring (bicyclic) bond motifs is 2. The van der Waals surface area contributed by atoms with Gasteiger partial charge in [0.1, 0.15) is 37.0 Å². The number of alkyl halides is 1. The number of nitrogens with zero attached hydrogens (tertiary/aromatic N) is 2. The Morgan fingerprint density at radius 3 is 2.46 bits per heavy atom. The molecule has 0 radical (unpaired) electrons. The number of benzene rings is 2. The number of rotatable bonds is 23. The van der Waals surface area contributed by atoms with Crippen LogP contribution in [0.15, 0.2) is 76.8 Å². The molecule has 2 aromatic carbocycles. The Morgan fingerprint density at radius 2 is 1.79 bits per heavy atom. The molecule has 6 unspecified atom stereocenters. The van der Waals surface area contributed by atoms with Crippen molar-refractivity contribution in [2.24, 2.45) is 22.9 Å². The van der Waals surface area contributed by atoms with Crippen LogP contribution in [0.4, 0.5) is 4.79 Å². The van der Waals surface area contributed by atoms with E-state index in [-0.39, 0.29) is 82.8 Å². The third-order valence-corrected chi connectivity index (χ3v) is 11.7. The molecular weight excluding hydrogens is 760 g/mol. The Kier molecular flexibility index (Phi) is 17.2. The fourth-order valence-corrected chi connectivity index (χ4v) is 9.00. The van der Waals surface area contributed by atoms with E-state index in [9.17, 15) is 20.1 Å². The van der Waals surface area contributed by atoms with Gasteiger partial charge >= 0.3 is 6.09 Å². The second-order valence-corrected chi connectivity index (χ2v) is 15.3. The Labute approximate surface area is 339 Å². The zero-order valence-electron chi connectivity index (χ0n) is 32.5. The normalized spacial score (nSPS) is 24.4. The lowest BCUT2D eigenvalue weighted by molar-refractivity contribution is -0.256. The van der Waals surface area contributed by atoms with Gasteiger partial charge in [-0.25, -0.2) is 4.79 Å². The highest BCUT2D eigenvalue weighted by atomic mass is 35.5. The number of oxime groups is 1. The van der Waals surface area contributed by atoms with E-state index in [1.165, 1.54) is 7.11 Å². The van der Waals surface area contributed by atoms with E-state index in [1.54, 1.807) is 22.7 Å². The lowest BCUT2D eigenvalue weighted by Gasteiger charge is -2.59. The molecule has 0 aromatic heterocycles. The number of unbranched alkanes of at least 4 members (excludes halogenated alkanes) is 2. The van der Waals surface area contributed by atoms with Crippen LogP contribution >= 0.6 is 23.4 Å². The number of amides is 1. The fraction of sp³-hybridized carbons (Fsp3) is 0.571. The van der Waals surface area contributed by atoms with Crippen molar-refractivity contribution in [2.45, 2.75) is 67.6 Å². The average molecular weight is 817 g/mol. The summed E-state index contributed by atoms with van der Waals surface area (Å²) in [7, 11) is 1.51. The van der Waals surface area contributed by atoms with Gasteiger partial charge in [-0.3, -0.25) is 4.90 Å². The highest BCUT2D eigenvalue weighted by Gasteiger charge is 2.65. The van der Waals surface area contributed by atoms with Crippen LogP contribution in [-0.4, -0.2) is 116 Å². The molecule has 2 aliphatic carbocycles. The van der Waals surface area contributed by atoms with Crippen LogP contribution in [0, 0.1) is 17.8 Å². The number of ether oxygens (including phenoxy) is 5. The zero-order valence-corrected chi connectivity index (χ0v) is 34.1. The summed E-state index contributed by atoms with van der Waals surface area (Å²) in [5, 5.41) is 33.7. The van der Waals surface area contributed by atoms with Gasteiger partial charge in [-0.1, -0.05) is 30.1 Å². The molecular formula is C42H57ClN2O10S. The van der Waals surface area contributed by atoms with Gasteiger partial charge in [-0.15, -0.1) is 29.9 Å². The van der Waals surface area contributed by atoms with Crippen molar-refractivity contribution in [3.05, 3.63) is 72.3 Å². The summed E-state index contributed by atoms with van der Waals surface area (Å²) in [6.07, 6.45) is 10.1. The van der Waals surface area contributed by atoms with Gasteiger partial charge in [0.05, 0.1) is 43.9 Å². The average Bonchev–Trinajstić information content (AvgIpc) is 3.21. The Hall–Kier alpha value is -3.30. The monoisotopic (exact) mass is 816 g/mol. The lowest BCUT2D eigenvalue weighted by atomic mass is 9.55. The summed E-state index contributed by atoms with van der Waals surface area (Å²) in [6, 6.07) is 13.0. The molecule has 0 bridgehead atoms. The maximum absolute atomic E-state index is 14.1. The number of carbonyl (C=O) groups excluding carboxylic acids is 1. The van der Waals surface area contributed by atoms with Crippen LogP contribution in [0.5, 0.6) is 17.2 Å². The van der Waals surface area contributed by atoms with Crippen molar-refractivity contribution >= 4 is 35.2 Å². The molecule has 1 aliphatic heterocycles. The van der Waals surface area contributed by atoms with Crippen molar-refractivity contribution in [3.63, 3.8) is 0 Å². The van der Waals surface area contributed by atoms with Crippen LogP contribution in [0.3, 0.4) is 0 Å². The summed E-state index contributed by atoms with van der Waals surface area (Å²) in [4.78, 5) is 22.3. The minimum absolute atomic E-state index is 0.00717. The summed E-state index contributed by atoms with van der Waals surface area (Å²) in [5.41, 5.74) is 2.52. The standard InChI is InChI=1S/C42H57ClN2O10S/c1-4-22-53-42-38(45(18-24-51-25-21-48)41(49)52-23-17-43)28-36(44-50-2)34-26-29(9-5-7-19-46)33(10-6-8-20-47)39(40(34)42)35-27-31(13-16-37(35)55-42)54-30-11-14-32(56-3)15-12-30/h4,11-16,26-27,29,33,38-40,46-48H,1,5-10,17-25,28H2,2-3H3. The van der Waals surface area contributed by atoms with E-state index < -0.39 is 23.8 Å². The van der Waals surface area contributed by atoms with Crippen LogP contribution in [0.1, 0.15) is 56.4 Å². The largest absolute Gasteiger partial charge is 0.459 e. The molecule has 12 nitrogen and oxygen atoms in total. The highest BCUT2D eigenvalue weighted by molar-refractivity contribution is 7.98.